The van der Waals surface area contributed by atoms with Crippen LogP contribution in [0.1, 0.15) is 4.88 Å². The van der Waals surface area contributed by atoms with Gasteiger partial charge in [-0.25, -0.2) is 0 Å². The van der Waals surface area contributed by atoms with E-state index in [0.29, 0.717) is 13.0 Å². The minimum Gasteiger partial charge on any atom is -0.390 e. The van der Waals surface area contributed by atoms with E-state index in [0.717, 1.165) is 3.79 Å². The molecule has 0 amide bonds. The lowest BCUT2D eigenvalue weighted by Crippen LogP contribution is -2.16. The fraction of sp³-hybridized carbons (Fsp3) is 0.500. The predicted molar refractivity (Wildman–Crippen MR) is 53.6 cm³/mol. The summed E-state index contributed by atoms with van der Waals surface area (Å²) in [6.07, 6.45) is 0.282. The quantitative estimate of drug-likeness (QED) is 0.887. The van der Waals surface area contributed by atoms with Gasteiger partial charge in [-0.05, 0) is 28.1 Å². The van der Waals surface area contributed by atoms with E-state index in [4.69, 9.17) is 4.74 Å². The fourth-order valence-electron chi connectivity index (χ4n) is 0.945. The lowest BCUT2D eigenvalue weighted by atomic mass is 10.2. The molecule has 12 heavy (non-hydrogen) atoms. The topological polar surface area (TPSA) is 29.5 Å². The first kappa shape index (κ1) is 10.2. The maximum Gasteiger partial charge on any atom is 0.0821 e. The smallest absolute Gasteiger partial charge is 0.0821 e. The monoisotopic (exact) mass is 250 g/mol. The van der Waals surface area contributed by atoms with E-state index in [1.807, 2.05) is 12.1 Å². The molecule has 2 nitrogen and oxygen atoms in total. The molecule has 4 heteroatoms. The molecule has 68 valence electrons. The zero-order chi connectivity index (χ0) is 8.97. The first-order chi connectivity index (χ1) is 5.72. The first-order valence-corrected chi connectivity index (χ1v) is 5.24. The number of rotatable bonds is 4. The van der Waals surface area contributed by atoms with Crippen LogP contribution in [-0.4, -0.2) is 24.9 Å². The van der Waals surface area contributed by atoms with Crippen LogP contribution in [0.25, 0.3) is 0 Å². The van der Waals surface area contributed by atoms with Crippen molar-refractivity contribution in [1.29, 1.82) is 0 Å². The molecular weight excluding hydrogens is 240 g/mol. The van der Waals surface area contributed by atoms with E-state index < -0.39 is 0 Å². The Labute approximate surface area is 84.3 Å². The van der Waals surface area contributed by atoms with Gasteiger partial charge in [0.2, 0.25) is 0 Å². The lowest BCUT2D eigenvalue weighted by molar-refractivity contribution is 0.0655. The van der Waals surface area contributed by atoms with Crippen molar-refractivity contribution in [3.05, 3.63) is 20.8 Å². The van der Waals surface area contributed by atoms with Gasteiger partial charge in [0.15, 0.2) is 0 Å². The highest BCUT2D eigenvalue weighted by molar-refractivity contribution is 9.11. The number of thiophene rings is 1. The maximum absolute atomic E-state index is 9.38. The van der Waals surface area contributed by atoms with E-state index in [1.54, 1.807) is 18.4 Å². The number of aliphatic hydroxyl groups is 1. The van der Waals surface area contributed by atoms with Crippen molar-refractivity contribution in [2.24, 2.45) is 0 Å². The molecule has 1 heterocycles. The van der Waals surface area contributed by atoms with Crippen LogP contribution in [0, 0.1) is 0 Å². The summed E-state index contributed by atoms with van der Waals surface area (Å²) in [5.41, 5.74) is 0. The highest BCUT2D eigenvalue weighted by atomic mass is 79.9. The molecular formula is C8H11BrO2S. The minimum absolute atomic E-state index is 0.388. The van der Waals surface area contributed by atoms with Crippen LogP contribution in [0.15, 0.2) is 15.9 Å². The second-order valence-corrected chi connectivity index (χ2v) is 5.07. The van der Waals surface area contributed by atoms with Crippen molar-refractivity contribution < 1.29 is 9.84 Å². The molecule has 0 aliphatic rings. The molecule has 0 bridgehead atoms. The zero-order valence-corrected chi connectivity index (χ0v) is 9.19. The molecule has 0 saturated heterocycles. The van der Waals surface area contributed by atoms with Gasteiger partial charge in [0.25, 0.3) is 0 Å². The summed E-state index contributed by atoms with van der Waals surface area (Å²) in [6, 6.07) is 3.99. The van der Waals surface area contributed by atoms with Crippen molar-refractivity contribution in [2.45, 2.75) is 12.5 Å². The van der Waals surface area contributed by atoms with Crippen molar-refractivity contribution in [1.82, 2.24) is 0 Å². The first-order valence-electron chi connectivity index (χ1n) is 3.63. The van der Waals surface area contributed by atoms with Gasteiger partial charge in [-0.15, -0.1) is 11.3 Å². The van der Waals surface area contributed by atoms with Crippen LogP contribution >= 0.6 is 27.3 Å². The second kappa shape index (κ2) is 4.97. The predicted octanol–water partition coefficient (Wildman–Crippen LogP) is 2.06. The van der Waals surface area contributed by atoms with Crippen molar-refractivity contribution in [2.75, 3.05) is 13.7 Å². The molecule has 1 aromatic heterocycles. The number of ether oxygens (including phenoxy) is 1. The third-order valence-electron chi connectivity index (χ3n) is 1.42. The third kappa shape index (κ3) is 3.23. The van der Waals surface area contributed by atoms with Crippen LogP contribution < -0.4 is 0 Å². The van der Waals surface area contributed by atoms with Crippen molar-refractivity contribution in [3.63, 3.8) is 0 Å². The second-order valence-electron chi connectivity index (χ2n) is 2.52. The van der Waals surface area contributed by atoms with Gasteiger partial charge in [0.05, 0.1) is 16.5 Å². The highest BCUT2D eigenvalue weighted by Crippen LogP contribution is 2.23. The number of halogens is 1. The summed E-state index contributed by atoms with van der Waals surface area (Å²) in [5, 5.41) is 9.38. The Morgan fingerprint density at radius 2 is 2.42 bits per heavy atom. The SMILES string of the molecule is COCC(O)Cc1ccc(Br)s1. The Bertz CT molecular complexity index is 237. The molecule has 0 aliphatic carbocycles. The number of hydrogen-bond donors (Lipinski definition) is 1. The van der Waals surface area contributed by atoms with E-state index in [-0.39, 0.29) is 6.10 Å². The van der Waals surface area contributed by atoms with Crippen LogP contribution in [0.3, 0.4) is 0 Å². The van der Waals surface area contributed by atoms with Gasteiger partial charge < -0.3 is 9.84 Å². The average molecular weight is 251 g/mol. The summed E-state index contributed by atoms with van der Waals surface area (Å²) >= 11 is 5.01. The Hall–Kier alpha value is 0.1000. The summed E-state index contributed by atoms with van der Waals surface area (Å²) < 4.78 is 5.92. The van der Waals surface area contributed by atoms with Gasteiger partial charge in [-0.1, -0.05) is 0 Å². The molecule has 1 atom stereocenters. The van der Waals surface area contributed by atoms with E-state index >= 15 is 0 Å². The molecule has 0 aliphatic heterocycles. The number of aliphatic hydroxyl groups excluding tert-OH is 1. The molecule has 0 radical (unpaired) electrons. The average Bonchev–Trinajstić information content (AvgIpc) is 2.36. The van der Waals surface area contributed by atoms with Crippen molar-refractivity contribution in [3.8, 4) is 0 Å². The Morgan fingerprint density at radius 1 is 1.67 bits per heavy atom. The van der Waals surface area contributed by atoms with E-state index in [9.17, 15) is 5.11 Å². The number of hydrogen-bond acceptors (Lipinski definition) is 3. The summed E-state index contributed by atoms with van der Waals surface area (Å²) in [5.74, 6) is 0. The molecule has 0 fully saturated rings. The van der Waals surface area contributed by atoms with Crippen molar-refractivity contribution >= 4 is 27.3 Å². The Balaban J connectivity index is 2.41. The molecule has 1 N–H and O–H groups in total. The standard InChI is InChI=1S/C8H11BrO2S/c1-11-5-6(10)4-7-2-3-8(9)12-7/h2-3,6,10H,4-5H2,1H3. The summed E-state index contributed by atoms with van der Waals surface area (Å²) in [6.45, 7) is 0.398. The van der Waals surface area contributed by atoms with Gasteiger partial charge in [-0.3, -0.25) is 0 Å². The largest absolute Gasteiger partial charge is 0.390 e. The molecule has 0 spiro atoms. The molecule has 1 rings (SSSR count). The minimum atomic E-state index is -0.388. The maximum atomic E-state index is 9.38. The summed E-state index contributed by atoms with van der Waals surface area (Å²) in [4.78, 5) is 1.17. The van der Waals surface area contributed by atoms with Crippen LogP contribution in [0.5, 0.6) is 0 Å². The fourth-order valence-corrected chi connectivity index (χ4v) is 2.50. The van der Waals surface area contributed by atoms with E-state index in [2.05, 4.69) is 15.9 Å². The van der Waals surface area contributed by atoms with E-state index in [1.165, 1.54) is 4.88 Å². The molecule has 1 aromatic rings. The van der Waals surface area contributed by atoms with Gasteiger partial charge in [0, 0.05) is 18.4 Å². The molecule has 0 aromatic carbocycles. The third-order valence-corrected chi connectivity index (χ3v) is 3.07. The van der Waals surface area contributed by atoms with Crippen LogP contribution in [0.2, 0.25) is 0 Å². The van der Waals surface area contributed by atoms with Crippen LogP contribution in [0.4, 0.5) is 0 Å². The van der Waals surface area contributed by atoms with Crippen LogP contribution in [-0.2, 0) is 11.2 Å². The summed E-state index contributed by atoms with van der Waals surface area (Å²) in [7, 11) is 1.59. The van der Waals surface area contributed by atoms with Gasteiger partial charge in [-0.2, -0.15) is 0 Å². The van der Waals surface area contributed by atoms with Gasteiger partial charge >= 0.3 is 0 Å². The Morgan fingerprint density at radius 3 is 2.92 bits per heavy atom. The highest BCUT2D eigenvalue weighted by Gasteiger charge is 2.06. The zero-order valence-electron chi connectivity index (χ0n) is 6.79. The lowest BCUT2D eigenvalue weighted by Gasteiger charge is -2.06. The number of methoxy groups -OCH3 is 1. The molecule has 1 unspecified atom stereocenters. The normalized spacial score (nSPS) is 13.2. The van der Waals surface area contributed by atoms with Gasteiger partial charge in [0.1, 0.15) is 0 Å². The molecule has 0 saturated carbocycles. The Kier molecular flexibility index (Phi) is 4.21.